The predicted molar refractivity (Wildman–Crippen MR) is 62.6 cm³/mol. The minimum atomic E-state index is -0.0185. The van der Waals surface area contributed by atoms with Gasteiger partial charge < -0.3 is 15.4 Å². The highest BCUT2D eigenvalue weighted by Gasteiger charge is 2.29. The van der Waals surface area contributed by atoms with Gasteiger partial charge in [0.25, 0.3) is 0 Å². The molecule has 1 saturated heterocycles. The molecule has 0 aliphatic carbocycles. The summed E-state index contributed by atoms with van der Waals surface area (Å²) in [4.78, 5) is 14.0. The van der Waals surface area contributed by atoms with Gasteiger partial charge >= 0.3 is 0 Å². The number of hydrogen-bond acceptors (Lipinski definition) is 3. The van der Waals surface area contributed by atoms with E-state index >= 15 is 0 Å². The summed E-state index contributed by atoms with van der Waals surface area (Å²) >= 11 is 4.95. The molecule has 1 atom stereocenters. The second-order valence-electron chi connectivity index (χ2n) is 3.74. The summed E-state index contributed by atoms with van der Waals surface area (Å²) in [6.45, 7) is 1.41. The van der Waals surface area contributed by atoms with Crippen molar-refractivity contribution in [3.63, 3.8) is 0 Å². The van der Waals surface area contributed by atoms with Gasteiger partial charge in [0.2, 0.25) is 5.91 Å². The molecule has 86 valence electrons. The predicted octanol–water partition coefficient (Wildman–Crippen LogP) is 0.690. The first-order chi connectivity index (χ1) is 7.16. The number of hydrogen-bond donors (Lipinski definition) is 1. The van der Waals surface area contributed by atoms with Crippen LogP contribution in [0.5, 0.6) is 0 Å². The van der Waals surface area contributed by atoms with Crippen molar-refractivity contribution >= 4 is 23.1 Å². The van der Waals surface area contributed by atoms with E-state index in [1.54, 1.807) is 12.0 Å². The van der Waals surface area contributed by atoms with Crippen molar-refractivity contribution in [1.29, 1.82) is 0 Å². The highest BCUT2D eigenvalue weighted by Crippen LogP contribution is 2.18. The van der Waals surface area contributed by atoms with Crippen LogP contribution in [0.25, 0.3) is 0 Å². The summed E-state index contributed by atoms with van der Waals surface area (Å²) in [5.74, 6) is 0.141. The van der Waals surface area contributed by atoms with E-state index in [4.69, 9.17) is 22.7 Å². The monoisotopic (exact) mass is 230 g/mol. The molecule has 0 radical (unpaired) electrons. The zero-order chi connectivity index (χ0) is 11.3. The highest BCUT2D eigenvalue weighted by atomic mass is 32.1. The zero-order valence-electron chi connectivity index (χ0n) is 9.07. The largest absolute Gasteiger partial charge is 0.392 e. The summed E-state index contributed by atoms with van der Waals surface area (Å²) in [6, 6.07) is -0.0185. The molecule has 4 nitrogen and oxygen atoms in total. The molecule has 0 aromatic carbocycles. The van der Waals surface area contributed by atoms with E-state index in [1.807, 2.05) is 0 Å². The number of nitrogens with zero attached hydrogens (tertiary/aromatic N) is 1. The Morgan fingerprint density at radius 1 is 1.67 bits per heavy atom. The molecule has 15 heavy (non-hydrogen) atoms. The fraction of sp³-hybridized carbons (Fsp3) is 0.800. The van der Waals surface area contributed by atoms with Gasteiger partial charge in [-0.15, -0.1) is 0 Å². The van der Waals surface area contributed by atoms with E-state index in [0.717, 1.165) is 25.8 Å². The fourth-order valence-electron chi connectivity index (χ4n) is 1.87. The Labute approximate surface area is 95.8 Å². The van der Waals surface area contributed by atoms with Crippen LogP contribution >= 0.6 is 12.2 Å². The maximum atomic E-state index is 11.8. The van der Waals surface area contributed by atoms with Crippen molar-refractivity contribution in [2.45, 2.75) is 31.7 Å². The number of nitrogens with two attached hydrogens (primary N) is 1. The first-order valence-corrected chi connectivity index (χ1v) is 5.65. The number of rotatable bonds is 5. The maximum absolute atomic E-state index is 11.8. The molecular formula is C10H18N2O2S. The number of thiocarbonyl (C=S) groups is 1. The summed E-state index contributed by atoms with van der Waals surface area (Å²) in [5, 5.41) is 0. The van der Waals surface area contributed by atoms with Crippen LogP contribution in [0.4, 0.5) is 0 Å². The van der Waals surface area contributed by atoms with E-state index in [0.29, 0.717) is 18.0 Å². The fourth-order valence-corrected chi connectivity index (χ4v) is 2.12. The molecule has 5 heteroatoms. The molecule has 0 aromatic heterocycles. The van der Waals surface area contributed by atoms with Gasteiger partial charge in [0.1, 0.15) is 0 Å². The van der Waals surface area contributed by atoms with Crippen LogP contribution in [0.2, 0.25) is 0 Å². The lowest BCUT2D eigenvalue weighted by molar-refractivity contribution is -0.131. The van der Waals surface area contributed by atoms with Crippen molar-refractivity contribution in [1.82, 2.24) is 4.90 Å². The molecule has 1 aliphatic heterocycles. The molecule has 0 aromatic rings. The molecular weight excluding hydrogens is 212 g/mol. The molecule has 1 rings (SSSR count). The molecule has 0 bridgehead atoms. The Kier molecular flexibility index (Phi) is 4.98. The number of carbonyl (C=O) groups excluding carboxylic acids is 1. The van der Waals surface area contributed by atoms with Gasteiger partial charge in [0, 0.05) is 26.7 Å². The van der Waals surface area contributed by atoms with E-state index in [2.05, 4.69) is 0 Å². The number of likely N-dealkylation sites (tertiary alicyclic amines) is 1. The van der Waals surface area contributed by atoms with E-state index in [-0.39, 0.29) is 11.9 Å². The molecule has 1 unspecified atom stereocenters. The molecule has 0 spiro atoms. The Balaban J connectivity index is 2.40. The third-order valence-corrected chi connectivity index (χ3v) is 2.91. The van der Waals surface area contributed by atoms with Gasteiger partial charge in [-0.2, -0.15) is 0 Å². The lowest BCUT2D eigenvalue weighted by Crippen LogP contribution is -2.42. The van der Waals surface area contributed by atoms with Crippen LogP contribution in [-0.4, -0.2) is 42.1 Å². The van der Waals surface area contributed by atoms with Crippen LogP contribution in [0.15, 0.2) is 0 Å². The van der Waals surface area contributed by atoms with E-state index in [9.17, 15) is 4.79 Å². The smallest absolute Gasteiger partial charge is 0.223 e. The van der Waals surface area contributed by atoms with Gasteiger partial charge in [0.15, 0.2) is 0 Å². The number of methoxy groups -OCH3 is 1. The van der Waals surface area contributed by atoms with Crippen LogP contribution in [0.1, 0.15) is 25.7 Å². The van der Waals surface area contributed by atoms with E-state index < -0.39 is 0 Å². The quantitative estimate of drug-likeness (QED) is 0.558. The molecule has 1 aliphatic rings. The molecule has 1 fully saturated rings. The zero-order valence-corrected chi connectivity index (χ0v) is 9.89. The molecule has 0 saturated carbocycles. The van der Waals surface area contributed by atoms with E-state index in [1.165, 1.54) is 0 Å². The molecule has 1 heterocycles. The van der Waals surface area contributed by atoms with Crippen molar-refractivity contribution in [3.8, 4) is 0 Å². The summed E-state index contributed by atoms with van der Waals surface area (Å²) in [6.07, 6.45) is 3.19. The van der Waals surface area contributed by atoms with Crippen LogP contribution in [0.3, 0.4) is 0 Å². The Morgan fingerprint density at radius 3 is 3.00 bits per heavy atom. The summed E-state index contributed by atoms with van der Waals surface area (Å²) in [7, 11) is 1.64. The average molecular weight is 230 g/mol. The average Bonchev–Trinajstić information content (AvgIpc) is 2.66. The van der Waals surface area contributed by atoms with Crippen LogP contribution in [0, 0.1) is 0 Å². The maximum Gasteiger partial charge on any atom is 0.223 e. The third kappa shape index (κ3) is 3.43. The van der Waals surface area contributed by atoms with Crippen molar-refractivity contribution in [2.24, 2.45) is 5.73 Å². The topological polar surface area (TPSA) is 55.6 Å². The van der Waals surface area contributed by atoms with Crippen molar-refractivity contribution < 1.29 is 9.53 Å². The van der Waals surface area contributed by atoms with Gasteiger partial charge in [0.05, 0.1) is 11.0 Å². The van der Waals surface area contributed by atoms with Crippen LogP contribution < -0.4 is 5.73 Å². The Hall–Kier alpha value is -0.680. The molecule has 1 amide bonds. The first kappa shape index (κ1) is 12.4. The highest BCUT2D eigenvalue weighted by molar-refractivity contribution is 7.80. The summed E-state index contributed by atoms with van der Waals surface area (Å²) < 4.78 is 4.91. The van der Waals surface area contributed by atoms with Gasteiger partial charge in [-0.05, 0) is 19.3 Å². The first-order valence-electron chi connectivity index (χ1n) is 5.24. The molecule has 2 N–H and O–H groups in total. The van der Waals surface area contributed by atoms with Gasteiger partial charge in [-0.1, -0.05) is 12.2 Å². The minimum absolute atomic E-state index is 0.0185. The van der Waals surface area contributed by atoms with Crippen LogP contribution in [-0.2, 0) is 9.53 Å². The van der Waals surface area contributed by atoms with Crippen molar-refractivity contribution in [2.75, 3.05) is 20.3 Å². The lowest BCUT2D eigenvalue weighted by atomic mass is 10.2. The number of ether oxygens (including phenoxy) is 1. The van der Waals surface area contributed by atoms with Gasteiger partial charge in [-0.3, -0.25) is 4.79 Å². The third-order valence-electron chi connectivity index (χ3n) is 2.64. The number of carbonyl (C=O) groups is 1. The Morgan fingerprint density at radius 2 is 2.40 bits per heavy atom. The van der Waals surface area contributed by atoms with Crippen molar-refractivity contribution in [3.05, 3.63) is 0 Å². The number of amides is 1. The second kappa shape index (κ2) is 6.02. The van der Waals surface area contributed by atoms with Gasteiger partial charge in [-0.25, -0.2) is 0 Å². The lowest BCUT2D eigenvalue weighted by Gasteiger charge is -2.23. The summed E-state index contributed by atoms with van der Waals surface area (Å²) in [5.41, 5.74) is 5.59. The second-order valence-corrected chi connectivity index (χ2v) is 4.22. The Bertz CT molecular complexity index is 246. The standard InChI is InChI=1S/C10H18N2O2S/c1-14-7-3-5-9(13)12-6-2-4-8(12)10(11)15/h8H,2-7H2,1H3,(H2,11,15). The minimum Gasteiger partial charge on any atom is -0.392 e. The normalized spacial score (nSPS) is 20.6. The SMILES string of the molecule is COCCCC(=O)N1CCCC1C(N)=S.